The van der Waals surface area contributed by atoms with Crippen LogP contribution < -0.4 is 14.8 Å². The zero-order valence-corrected chi connectivity index (χ0v) is 22.4. The third-order valence-corrected chi connectivity index (χ3v) is 8.10. The molecule has 1 saturated heterocycles. The molecule has 5 nitrogen and oxygen atoms in total. The zero-order valence-electron chi connectivity index (χ0n) is 18.7. The van der Waals surface area contributed by atoms with E-state index >= 15 is 0 Å². The summed E-state index contributed by atoms with van der Waals surface area (Å²) >= 11 is 10.1. The Morgan fingerprint density at radius 3 is 2.74 bits per heavy atom. The summed E-state index contributed by atoms with van der Waals surface area (Å²) < 4.78 is 43.2. The molecule has 186 valence electrons. The van der Waals surface area contributed by atoms with Crippen LogP contribution in [-0.4, -0.2) is 36.9 Å². The van der Waals surface area contributed by atoms with E-state index in [1.807, 2.05) is 13.0 Å². The van der Waals surface area contributed by atoms with Crippen molar-refractivity contribution in [1.29, 1.82) is 0 Å². The van der Waals surface area contributed by atoms with Crippen LogP contribution in [0, 0.1) is 5.92 Å². The van der Waals surface area contributed by atoms with Gasteiger partial charge in [0, 0.05) is 27.3 Å². The number of benzene rings is 1. The number of hydrogen-bond donors (Lipinski definition) is 1. The van der Waals surface area contributed by atoms with Crippen LogP contribution in [0.5, 0.6) is 11.5 Å². The van der Waals surface area contributed by atoms with Gasteiger partial charge in [0.15, 0.2) is 16.9 Å². The number of rotatable bonds is 12. The second kappa shape index (κ2) is 13.1. The molecule has 34 heavy (non-hydrogen) atoms. The number of hydrogen-bond acceptors (Lipinski definition) is 6. The van der Waals surface area contributed by atoms with Gasteiger partial charge in [-0.1, -0.05) is 36.4 Å². The second-order valence-electron chi connectivity index (χ2n) is 7.84. The Kier molecular flexibility index (Phi) is 10.5. The molecule has 1 aliphatic heterocycles. The van der Waals surface area contributed by atoms with Crippen LogP contribution in [0.25, 0.3) is 0 Å². The minimum Gasteiger partial charge on any atom is -0.489 e. The number of ether oxygens (including phenoxy) is 3. The Morgan fingerprint density at radius 1 is 1.38 bits per heavy atom. The fraction of sp³-hybridized carbons (Fsp3) is 0.458. The average molecular weight is 626 g/mol. The van der Waals surface area contributed by atoms with E-state index in [4.69, 9.17) is 21.1 Å². The standard InChI is InChI=1S/C24H27ClF2INO4S/c1-3-17(25)16(18(28)4-2)12-20(32-23(30)22-29-9-10-34-22)15-7-8-19(33-24(26)27)21(11-15)31-13-14-5-6-14/h3-4,7-8,11,14,20,22,24,29H,1,5-6,9-10,12-13H2,2H3/b17-16+,18-4+/t20-,22-/m0/s1. The van der Waals surface area contributed by atoms with Crippen LogP contribution in [-0.2, 0) is 9.53 Å². The second-order valence-corrected chi connectivity index (χ2v) is 10.6. The third-order valence-electron chi connectivity index (χ3n) is 5.31. The molecule has 1 saturated carbocycles. The minimum absolute atomic E-state index is 0.0552. The molecular formula is C24H27ClF2INO4S. The van der Waals surface area contributed by atoms with E-state index in [9.17, 15) is 13.6 Å². The summed E-state index contributed by atoms with van der Waals surface area (Å²) in [7, 11) is 0. The Morgan fingerprint density at radius 2 is 2.15 bits per heavy atom. The molecule has 1 N–H and O–H groups in total. The third kappa shape index (κ3) is 7.86. The van der Waals surface area contributed by atoms with Crippen LogP contribution in [0.2, 0.25) is 0 Å². The van der Waals surface area contributed by atoms with Crippen molar-refractivity contribution in [3.8, 4) is 11.5 Å². The van der Waals surface area contributed by atoms with Crippen molar-refractivity contribution in [3.05, 3.63) is 56.7 Å². The van der Waals surface area contributed by atoms with Crippen LogP contribution in [0.4, 0.5) is 8.78 Å². The van der Waals surface area contributed by atoms with Crippen molar-refractivity contribution in [2.45, 2.75) is 44.3 Å². The lowest BCUT2D eigenvalue weighted by Crippen LogP contribution is -2.31. The lowest BCUT2D eigenvalue weighted by Gasteiger charge is -2.23. The van der Waals surface area contributed by atoms with Crippen LogP contribution in [0.1, 0.15) is 37.9 Å². The molecule has 2 aliphatic rings. The van der Waals surface area contributed by atoms with Crippen molar-refractivity contribution < 1.29 is 27.8 Å². The predicted octanol–water partition coefficient (Wildman–Crippen LogP) is 6.73. The first-order chi connectivity index (χ1) is 16.3. The molecule has 2 atom stereocenters. The Labute approximate surface area is 221 Å². The van der Waals surface area contributed by atoms with Crippen molar-refractivity contribution in [1.82, 2.24) is 5.32 Å². The summed E-state index contributed by atoms with van der Waals surface area (Å²) in [5, 5.41) is 3.09. The van der Waals surface area contributed by atoms with Crippen molar-refractivity contribution in [2.75, 3.05) is 18.9 Å². The van der Waals surface area contributed by atoms with Crippen molar-refractivity contribution >= 4 is 51.9 Å². The normalized spacial score (nSPS) is 20.1. The van der Waals surface area contributed by atoms with Gasteiger partial charge in [-0.25, -0.2) is 4.79 Å². The molecule has 1 aromatic carbocycles. The Bertz CT molecular complexity index is 949. The van der Waals surface area contributed by atoms with E-state index in [1.54, 1.807) is 12.1 Å². The molecule has 0 bridgehead atoms. The number of carbonyl (C=O) groups is 1. The van der Waals surface area contributed by atoms with Gasteiger partial charge in [0.1, 0.15) is 6.10 Å². The van der Waals surface area contributed by atoms with E-state index in [-0.39, 0.29) is 17.9 Å². The lowest BCUT2D eigenvalue weighted by molar-refractivity contribution is -0.149. The molecule has 10 heteroatoms. The van der Waals surface area contributed by atoms with E-state index in [0.717, 1.165) is 34.3 Å². The van der Waals surface area contributed by atoms with Crippen LogP contribution in [0.3, 0.4) is 0 Å². The summed E-state index contributed by atoms with van der Waals surface area (Å²) in [6.45, 7) is 3.79. The maximum Gasteiger partial charge on any atom is 0.387 e. The number of allylic oxidation sites excluding steroid dienone is 4. The molecule has 2 fully saturated rings. The van der Waals surface area contributed by atoms with E-state index < -0.39 is 24.1 Å². The van der Waals surface area contributed by atoms with Gasteiger partial charge in [-0.05, 0) is 71.5 Å². The molecule has 0 aromatic heterocycles. The molecule has 0 unspecified atom stereocenters. The van der Waals surface area contributed by atoms with Gasteiger partial charge in [0.05, 0.1) is 6.61 Å². The largest absolute Gasteiger partial charge is 0.489 e. The molecule has 1 aromatic rings. The molecule has 1 aliphatic carbocycles. The van der Waals surface area contributed by atoms with Crippen LogP contribution >= 0.6 is 46.0 Å². The van der Waals surface area contributed by atoms with Gasteiger partial charge in [-0.3, -0.25) is 5.32 Å². The van der Waals surface area contributed by atoms with E-state index in [1.165, 1.54) is 23.9 Å². The van der Waals surface area contributed by atoms with Crippen molar-refractivity contribution in [2.24, 2.45) is 5.92 Å². The van der Waals surface area contributed by atoms with Gasteiger partial charge in [0.25, 0.3) is 0 Å². The molecule has 3 rings (SSSR count). The highest BCUT2D eigenvalue weighted by atomic mass is 127. The predicted molar refractivity (Wildman–Crippen MR) is 140 cm³/mol. The molecule has 0 radical (unpaired) electrons. The Balaban J connectivity index is 1.94. The molecular weight excluding hydrogens is 599 g/mol. The highest BCUT2D eigenvalue weighted by Crippen LogP contribution is 2.39. The maximum atomic E-state index is 12.9. The summed E-state index contributed by atoms with van der Waals surface area (Å²) in [6, 6.07) is 4.64. The molecule has 0 spiro atoms. The number of esters is 1. The first kappa shape index (κ1) is 27.3. The first-order valence-electron chi connectivity index (χ1n) is 10.9. The number of thioether (sulfide) groups is 1. The fourth-order valence-corrected chi connectivity index (χ4v) is 5.07. The SMILES string of the molecule is C=C/C(Cl)=C(C[C@H](OC(=O)[C@H]1NCCS1)c1ccc(OC(F)F)c(OCC2CC2)c1)\C(I)=C/C. The fourth-order valence-electron chi connectivity index (χ4n) is 3.32. The minimum atomic E-state index is -2.98. The van der Waals surface area contributed by atoms with Gasteiger partial charge in [-0.15, -0.1) is 11.8 Å². The van der Waals surface area contributed by atoms with Gasteiger partial charge >= 0.3 is 12.6 Å². The van der Waals surface area contributed by atoms with Gasteiger partial charge < -0.3 is 14.2 Å². The molecule has 1 heterocycles. The number of carbonyl (C=O) groups excluding carboxylic acids is 1. The topological polar surface area (TPSA) is 56.8 Å². The Hall–Kier alpha value is -1.30. The lowest BCUT2D eigenvalue weighted by atomic mass is 9.99. The maximum absolute atomic E-state index is 12.9. The quantitative estimate of drug-likeness (QED) is 0.158. The number of nitrogens with one attached hydrogen (secondary N) is 1. The highest BCUT2D eigenvalue weighted by molar-refractivity contribution is 14.1. The smallest absolute Gasteiger partial charge is 0.387 e. The van der Waals surface area contributed by atoms with Crippen molar-refractivity contribution in [3.63, 3.8) is 0 Å². The molecule has 0 amide bonds. The average Bonchev–Trinajstić information content (AvgIpc) is 3.49. The first-order valence-corrected chi connectivity index (χ1v) is 13.4. The number of halogens is 4. The monoisotopic (exact) mass is 625 g/mol. The summed E-state index contributed by atoms with van der Waals surface area (Å²) in [5.41, 5.74) is 1.35. The summed E-state index contributed by atoms with van der Waals surface area (Å²) in [4.78, 5) is 12.9. The number of alkyl halides is 2. The van der Waals surface area contributed by atoms with Gasteiger partial charge in [-0.2, -0.15) is 8.78 Å². The summed E-state index contributed by atoms with van der Waals surface area (Å²) in [5.74, 6) is 0.970. The van der Waals surface area contributed by atoms with Gasteiger partial charge in [0.2, 0.25) is 0 Å². The van der Waals surface area contributed by atoms with Crippen LogP contribution in [0.15, 0.2) is 51.1 Å². The summed E-state index contributed by atoms with van der Waals surface area (Å²) in [6.07, 6.45) is 5.08. The van der Waals surface area contributed by atoms with E-state index in [0.29, 0.717) is 23.1 Å². The van der Waals surface area contributed by atoms with E-state index in [2.05, 4.69) is 39.2 Å². The highest BCUT2D eigenvalue weighted by Gasteiger charge is 2.30. The zero-order chi connectivity index (χ0) is 24.7.